The monoisotopic (exact) mass is 226 g/mol. The minimum atomic E-state index is 0.550. The van der Waals surface area contributed by atoms with Crippen molar-refractivity contribution in [1.82, 2.24) is 0 Å². The topological polar surface area (TPSA) is 38.0 Å². The van der Waals surface area contributed by atoms with Gasteiger partial charge in [0, 0.05) is 17.9 Å². The molecule has 0 saturated carbocycles. The van der Waals surface area contributed by atoms with Crippen molar-refractivity contribution in [1.29, 1.82) is 0 Å². The molecular weight excluding hydrogens is 208 g/mol. The van der Waals surface area contributed by atoms with Gasteiger partial charge in [0.25, 0.3) is 0 Å². The Morgan fingerprint density at radius 2 is 1.59 bits per heavy atom. The molecule has 0 bridgehead atoms. The molecule has 0 saturated heterocycles. The largest absolute Gasteiger partial charge is 0.355 e. The molecule has 0 aliphatic carbocycles. The zero-order chi connectivity index (χ0) is 12.3. The van der Waals surface area contributed by atoms with Crippen molar-refractivity contribution < 1.29 is 0 Å². The Kier molecular flexibility index (Phi) is 3.45. The van der Waals surface area contributed by atoms with Gasteiger partial charge in [0.15, 0.2) is 0 Å². The molecule has 0 aliphatic rings. The van der Waals surface area contributed by atoms with Crippen LogP contribution in [0.3, 0.4) is 0 Å². The van der Waals surface area contributed by atoms with E-state index in [1.807, 2.05) is 12.1 Å². The molecule has 0 heterocycles. The fourth-order valence-electron chi connectivity index (χ4n) is 1.97. The highest BCUT2D eigenvalue weighted by atomic mass is 14.9. The Bertz CT molecular complexity index is 498. The first kappa shape index (κ1) is 11.7. The molecule has 0 aromatic heterocycles. The summed E-state index contributed by atoms with van der Waals surface area (Å²) in [6, 6.07) is 14.4. The summed E-state index contributed by atoms with van der Waals surface area (Å²) >= 11 is 0. The molecule has 3 N–H and O–H groups in total. The summed E-state index contributed by atoms with van der Waals surface area (Å²) in [5.74, 6) is 0. The number of hydrogen-bond acceptors (Lipinski definition) is 2. The standard InChI is InChI=1S/C15H18N2/c1-11-6-5-7-12(2)15(11)17-14-9-4-3-8-13(14)10-16/h3-9,17H,10,16H2,1-2H3. The van der Waals surface area contributed by atoms with Gasteiger partial charge in [-0.15, -0.1) is 0 Å². The second-order valence-corrected chi connectivity index (χ2v) is 4.25. The molecule has 88 valence electrons. The number of benzene rings is 2. The Morgan fingerprint density at radius 1 is 0.941 bits per heavy atom. The lowest BCUT2D eigenvalue weighted by molar-refractivity contribution is 1.07. The first-order valence-electron chi connectivity index (χ1n) is 5.83. The molecule has 0 unspecified atom stereocenters. The van der Waals surface area contributed by atoms with Gasteiger partial charge < -0.3 is 11.1 Å². The van der Waals surface area contributed by atoms with Gasteiger partial charge in [-0.05, 0) is 36.6 Å². The van der Waals surface area contributed by atoms with E-state index >= 15 is 0 Å². The first-order chi connectivity index (χ1) is 8.22. The minimum Gasteiger partial charge on any atom is -0.355 e. The van der Waals surface area contributed by atoms with Crippen molar-refractivity contribution in [2.24, 2.45) is 5.73 Å². The maximum atomic E-state index is 5.74. The summed E-state index contributed by atoms with van der Waals surface area (Å²) in [4.78, 5) is 0. The van der Waals surface area contributed by atoms with E-state index in [1.54, 1.807) is 0 Å². The fourth-order valence-corrected chi connectivity index (χ4v) is 1.97. The number of hydrogen-bond donors (Lipinski definition) is 2. The van der Waals surface area contributed by atoms with Crippen LogP contribution in [0.15, 0.2) is 42.5 Å². The highest BCUT2D eigenvalue weighted by Crippen LogP contribution is 2.26. The predicted molar refractivity (Wildman–Crippen MR) is 73.5 cm³/mol. The average Bonchev–Trinajstić information content (AvgIpc) is 2.34. The van der Waals surface area contributed by atoms with E-state index < -0.39 is 0 Å². The molecule has 2 nitrogen and oxygen atoms in total. The molecule has 0 aliphatic heterocycles. The van der Waals surface area contributed by atoms with E-state index in [-0.39, 0.29) is 0 Å². The Morgan fingerprint density at radius 3 is 2.24 bits per heavy atom. The fraction of sp³-hybridized carbons (Fsp3) is 0.200. The molecule has 0 fully saturated rings. The van der Waals surface area contributed by atoms with Crippen LogP contribution in [-0.2, 0) is 6.54 Å². The Balaban J connectivity index is 2.38. The van der Waals surface area contributed by atoms with Gasteiger partial charge in [-0.3, -0.25) is 0 Å². The summed E-state index contributed by atoms with van der Waals surface area (Å²) in [7, 11) is 0. The number of nitrogens with one attached hydrogen (secondary N) is 1. The second kappa shape index (κ2) is 5.02. The van der Waals surface area contributed by atoms with Crippen LogP contribution in [0.4, 0.5) is 11.4 Å². The molecule has 17 heavy (non-hydrogen) atoms. The van der Waals surface area contributed by atoms with Crippen LogP contribution < -0.4 is 11.1 Å². The molecule has 2 aromatic carbocycles. The van der Waals surface area contributed by atoms with E-state index in [9.17, 15) is 0 Å². The molecule has 0 spiro atoms. The summed E-state index contributed by atoms with van der Waals surface area (Å²) in [5, 5.41) is 3.48. The van der Waals surface area contributed by atoms with Crippen LogP contribution in [0.2, 0.25) is 0 Å². The maximum Gasteiger partial charge on any atom is 0.0443 e. The van der Waals surface area contributed by atoms with E-state index in [0.29, 0.717) is 6.54 Å². The molecule has 2 heteroatoms. The van der Waals surface area contributed by atoms with Gasteiger partial charge in [-0.2, -0.15) is 0 Å². The van der Waals surface area contributed by atoms with Crippen molar-refractivity contribution in [3.05, 3.63) is 59.2 Å². The summed E-state index contributed by atoms with van der Waals surface area (Å²) in [6.45, 7) is 4.77. The number of para-hydroxylation sites is 2. The number of aryl methyl sites for hydroxylation is 2. The molecular formula is C15H18N2. The van der Waals surface area contributed by atoms with Crippen LogP contribution in [0.1, 0.15) is 16.7 Å². The van der Waals surface area contributed by atoms with E-state index in [0.717, 1.165) is 11.3 Å². The van der Waals surface area contributed by atoms with Crippen molar-refractivity contribution in [2.45, 2.75) is 20.4 Å². The molecule has 0 amide bonds. The Labute approximate surface area is 102 Å². The van der Waals surface area contributed by atoms with Gasteiger partial charge in [0.05, 0.1) is 0 Å². The van der Waals surface area contributed by atoms with E-state index in [1.165, 1.54) is 16.8 Å². The quantitative estimate of drug-likeness (QED) is 0.840. The van der Waals surface area contributed by atoms with Crippen LogP contribution in [0.25, 0.3) is 0 Å². The van der Waals surface area contributed by atoms with Crippen molar-refractivity contribution in [3.63, 3.8) is 0 Å². The van der Waals surface area contributed by atoms with Gasteiger partial charge in [0.2, 0.25) is 0 Å². The molecule has 2 aromatic rings. The third kappa shape index (κ3) is 2.48. The predicted octanol–water partition coefficient (Wildman–Crippen LogP) is 3.51. The lowest BCUT2D eigenvalue weighted by Crippen LogP contribution is -2.03. The van der Waals surface area contributed by atoms with E-state index in [4.69, 9.17) is 5.73 Å². The third-order valence-electron chi connectivity index (χ3n) is 2.98. The van der Waals surface area contributed by atoms with Crippen LogP contribution in [0, 0.1) is 13.8 Å². The van der Waals surface area contributed by atoms with Gasteiger partial charge >= 0.3 is 0 Å². The number of nitrogens with two attached hydrogens (primary N) is 1. The first-order valence-corrected chi connectivity index (χ1v) is 5.83. The zero-order valence-electron chi connectivity index (χ0n) is 10.3. The maximum absolute atomic E-state index is 5.74. The van der Waals surface area contributed by atoms with Gasteiger partial charge in [-0.25, -0.2) is 0 Å². The lowest BCUT2D eigenvalue weighted by atomic mass is 10.1. The van der Waals surface area contributed by atoms with Crippen LogP contribution in [-0.4, -0.2) is 0 Å². The van der Waals surface area contributed by atoms with E-state index in [2.05, 4.69) is 49.5 Å². The third-order valence-corrected chi connectivity index (χ3v) is 2.98. The summed E-state index contributed by atoms with van der Waals surface area (Å²) in [5.41, 5.74) is 11.6. The molecule has 0 atom stereocenters. The van der Waals surface area contributed by atoms with Crippen LogP contribution >= 0.6 is 0 Å². The van der Waals surface area contributed by atoms with Gasteiger partial charge in [-0.1, -0.05) is 36.4 Å². The number of anilines is 2. The second-order valence-electron chi connectivity index (χ2n) is 4.25. The van der Waals surface area contributed by atoms with Crippen molar-refractivity contribution >= 4 is 11.4 Å². The summed E-state index contributed by atoms with van der Waals surface area (Å²) < 4.78 is 0. The summed E-state index contributed by atoms with van der Waals surface area (Å²) in [6.07, 6.45) is 0. The smallest absolute Gasteiger partial charge is 0.0443 e. The van der Waals surface area contributed by atoms with Crippen molar-refractivity contribution in [2.75, 3.05) is 5.32 Å². The van der Waals surface area contributed by atoms with Crippen molar-refractivity contribution in [3.8, 4) is 0 Å². The highest BCUT2D eigenvalue weighted by Gasteiger charge is 2.04. The zero-order valence-corrected chi connectivity index (χ0v) is 10.3. The number of rotatable bonds is 3. The van der Waals surface area contributed by atoms with Crippen LogP contribution in [0.5, 0.6) is 0 Å². The normalized spacial score (nSPS) is 10.3. The Hall–Kier alpha value is -1.80. The highest BCUT2D eigenvalue weighted by molar-refractivity contribution is 5.68. The molecule has 2 rings (SSSR count). The molecule has 0 radical (unpaired) electrons. The SMILES string of the molecule is Cc1cccc(C)c1Nc1ccccc1CN. The lowest BCUT2D eigenvalue weighted by Gasteiger charge is -2.15. The minimum absolute atomic E-state index is 0.550. The van der Waals surface area contributed by atoms with Gasteiger partial charge in [0.1, 0.15) is 0 Å². The average molecular weight is 226 g/mol.